The molecule has 218 valence electrons. The van der Waals surface area contributed by atoms with Gasteiger partial charge in [-0.1, -0.05) is 54.6 Å². The first-order valence-corrected chi connectivity index (χ1v) is 13.7. The molecule has 4 amide bonds. The molecule has 9 heteroatoms. The van der Waals surface area contributed by atoms with E-state index >= 15 is 0 Å². The van der Waals surface area contributed by atoms with Crippen LogP contribution in [0.1, 0.15) is 23.6 Å². The van der Waals surface area contributed by atoms with Crippen LogP contribution in [0.3, 0.4) is 0 Å². The summed E-state index contributed by atoms with van der Waals surface area (Å²) < 4.78 is 23.1. The van der Waals surface area contributed by atoms with E-state index in [1.54, 1.807) is 48.5 Å². The smallest absolute Gasteiger partial charge is 0.335 e. The second-order valence-corrected chi connectivity index (χ2v) is 9.47. The number of anilines is 1. The number of imide groups is 2. The van der Waals surface area contributed by atoms with Crippen LogP contribution in [0.25, 0.3) is 6.08 Å². The molecule has 1 heterocycles. The molecule has 43 heavy (non-hydrogen) atoms. The van der Waals surface area contributed by atoms with Crippen LogP contribution in [0.2, 0.25) is 0 Å². The van der Waals surface area contributed by atoms with Crippen molar-refractivity contribution < 1.29 is 33.3 Å². The minimum atomic E-state index is -0.830. The molecule has 0 spiro atoms. The highest BCUT2D eigenvalue weighted by Gasteiger charge is 2.37. The van der Waals surface area contributed by atoms with Crippen molar-refractivity contribution in [1.82, 2.24) is 5.32 Å². The van der Waals surface area contributed by atoms with Gasteiger partial charge in [-0.05, 0) is 66.6 Å². The summed E-state index contributed by atoms with van der Waals surface area (Å²) in [6.45, 7) is 2.97. The molecule has 0 saturated carbocycles. The number of ether oxygens (including phenoxy) is 4. The predicted molar refractivity (Wildman–Crippen MR) is 161 cm³/mol. The van der Waals surface area contributed by atoms with Crippen LogP contribution >= 0.6 is 0 Å². The highest BCUT2D eigenvalue weighted by molar-refractivity contribution is 6.39. The summed E-state index contributed by atoms with van der Waals surface area (Å²) in [6.07, 6.45) is 1.42. The molecule has 1 N–H and O–H groups in total. The summed E-state index contributed by atoms with van der Waals surface area (Å²) in [6, 6.07) is 28.0. The van der Waals surface area contributed by atoms with Crippen molar-refractivity contribution in [2.75, 3.05) is 18.6 Å². The first-order chi connectivity index (χ1) is 21.0. The lowest BCUT2D eigenvalue weighted by atomic mass is 10.1. The van der Waals surface area contributed by atoms with Gasteiger partial charge in [0.15, 0.2) is 11.5 Å². The van der Waals surface area contributed by atoms with Crippen LogP contribution in [0.5, 0.6) is 23.0 Å². The van der Waals surface area contributed by atoms with E-state index in [1.165, 1.54) is 13.2 Å². The molecule has 0 radical (unpaired) electrons. The number of urea groups is 1. The second kappa shape index (κ2) is 13.4. The third kappa shape index (κ3) is 6.84. The zero-order chi connectivity index (χ0) is 30.2. The van der Waals surface area contributed by atoms with Gasteiger partial charge in [-0.2, -0.15) is 0 Å². The molecule has 0 atom stereocenters. The Kier molecular flexibility index (Phi) is 9.02. The maximum absolute atomic E-state index is 13.3. The number of rotatable bonds is 11. The fourth-order valence-electron chi connectivity index (χ4n) is 4.44. The van der Waals surface area contributed by atoms with Crippen LogP contribution in [0, 0.1) is 0 Å². The standard InChI is InChI=1S/C34H30N2O7/c1-3-41-31-19-24(13-18-30(31)43-21-23-9-5-4-6-10-23)22-42-29-12-8-7-11-25(29)20-28-32(37)35-34(39)36(33(28)38)26-14-16-27(40-2)17-15-26/h4-20H,3,21-22H2,1-2H3,(H,35,37,39)/b28-20+. The van der Waals surface area contributed by atoms with Gasteiger partial charge >= 0.3 is 6.03 Å². The fraction of sp³-hybridized carbons (Fsp3) is 0.147. The molecule has 0 aliphatic carbocycles. The molecule has 1 fully saturated rings. The van der Waals surface area contributed by atoms with Gasteiger partial charge in [0.1, 0.15) is 30.3 Å². The molecule has 0 bridgehead atoms. The maximum atomic E-state index is 13.3. The molecule has 1 aliphatic rings. The number of amides is 4. The lowest BCUT2D eigenvalue weighted by molar-refractivity contribution is -0.122. The molecule has 1 saturated heterocycles. The average Bonchev–Trinajstić information content (AvgIpc) is 3.03. The van der Waals surface area contributed by atoms with Crippen LogP contribution in [0.4, 0.5) is 10.5 Å². The second-order valence-electron chi connectivity index (χ2n) is 9.47. The summed E-state index contributed by atoms with van der Waals surface area (Å²) in [4.78, 5) is 39.6. The van der Waals surface area contributed by atoms with Crippen LogP contribution < -0.4 is 29.2 Å². The molecule has 4 aromatic rings. The van der Waals surface area contributed by atoms with Gasteiger partial charge < -0.3 is 18.9 Å². The van der Waals surface area contributed by atoms with Gasteiger partial charge in [0.2, 0.25) is 0 Å². The maximum Gasteiger partial charge on any atom is 0.335 e. The van der Waals surface area contributed by atoms with Crippen molar-refractivity contribution >= 4 is 29.6 Å². The Hall–Kier alpha value is -5.57. The minimum absolute atomic E-state index is 0.190. The molecule has 9 nitrogen and oxygen atoms in total. The first-order valence-electron chi connectivity index (χ1n) is 13.7. The predicted octanol–water partition coefficient (Wildman–Crippen LogP) is 5.92. The van der Waals surface area contributed by atoms with E-state index in [1.807, 2.05) is 55.5 Å². The molecular weight excluding hydrogens is 548 g/mol. The van der Waals surface area contributed by atoms with Gasteiger partial charge in [0.05, 0.1) is 19.4 Å². The Balaban J connectivity index is 1.33. The zero-order valence-corrected chi connectivity index (χ0v) is 23.7. The van der Waals surface area contributed by atoms with E-state index in [-0.39, 0.29) is 12.2 Å². The van der Waals surface area contributed by atoms with Gasteiger partial charge in [0, 0.05) is 5.56 Å². The number of barbiturate groups is 1. The van der Waals surface area contributed by atoms with Crippen LogP contribution in [-0.2, 0) is 22.8 Å². The van der Waals surface area contributed by atoms with E-state index in [4.69, 9.17) is 18.9 Å². The summed E-state index contributed by atoms with van der Waals surface area (Å²) in [5.41, 5.74) is 2.47. The fourth-order valence-corrected chi connectivity index (χ4v) is 4.44. The minimum Gasteiger partial charge on any atom is -0.497 e. The largest absolute Gasteiger partial charge is 0.497 e. The van der Waals surface area contributed by atoms with E-state index < -0.39 is 17.8 Å². The van der Waals surface area contributed by atoms with Gasteiger partial charge in [0.25, 0.3) is 11.8 Å². The topological polar surface area (TPSA) is 103 Å². The summed E-state index contributed by atoms with van der Waals surface area (Å²) in [7, 11) is 1.52. The normalized spacial score (nSPS) is 14.0. The Morgan fingerprint density at radius 2 is 1.42 bits per heavy atom. The number of nitrogens with one attached hydrogen (secondary N) is 1. The van der Waals surface area contributed by atoms with E-state index in [0.29, 0.717) is 47.5 Å². The Bertz CT molecular complexity index is 1650. The van der Waals surface area contributed by atoms with Crippen molar-refractivity contribution in [2.45, 2.75) is 20.1 Å². The zero-order valence-electron chi connectivity index (χ0n) is 23.7. The lowest BCUT2D eigenvalue weighted by Crippen LogP contribution is -2.54. The van der Waals surface area contributed by atoms with E-state index in [9.17, 15) is 14.4 Å². The highest BCUT2D eigenvalue weighted by atomic mass is 16.5. The number of hydrogen-bond donors (Lipinski definition) is 1. The average molecular weight is 579 g/mol. The molecular formula is C34H30N2O7. The van der Waals surface area contributed by atoms with Crippen molar-refractivity contribution in [3.63, 3.8) is 0 Å². The third-order valence-corrected chi connectivity index (χ3v) is 6.59. The number of para-hydroxylation sites is 1. The Morgan fingerprint density at radius 3 is 2.16 bits per heavy atom. The van der Waals surface area contributed by atoms with Crippen molar-refractivity contribution in [3.05, 3.63) is 119 Å². The van der Waals surface area contributed by atoms with Crippen molar-refractivity contribution in [3.8, 4) is 23.0 Å². The molecule has 0 aromatic heterocycles. The summed E-state index contributed by atoms with van der Waals surface area (Å²) in [5, 5.41) is 2.24. The number of hydrogen-bond acceptors (Lipinski definition) is 7. The van der Waals surface area contributed by atoms with E-state index in [0.717, 1.165) is 16.0 Å². The first kappa shape index (κ1) is 28.9. The third-order valence-electron chi connectivity index (χ3n) is 6.59. The molecule has 4 aromatic carbocycles. The molecule has 0 unspecified atom stereocenters. The van der Waals surface area contributed by atoms with Crippen LogP contribution in [-0.4, -0.2) is 31.6 Å². The van der Waals surface area contributed by atoms with E-state index in [2.05, 4.69) is 5.32 Å². The molecule has 5 rings (SSSR count). The van der Waals surface area contributed by atoms with Gasteiger partial charge in [-0.25, -0.2) is 9.69 Å². The van der Waals surface area contributed by atoms with Crippen molar-refractivity contribution in [1.29, 1.82) is 0 Å². The van der Waals surface area contributed by atoms with Crippen LogP contribution in [0.15, 0.2) is 103 Å². The number of methoxy groups -OCH3 is 1. The summed E-state index contributed by atoms with van der Waals surface area (Å²) in [5.74, 6) is 0.698. The number of nitrogens with zero attached hydrogens (tertiary/aromatic N) is 1. The lowest BCUT2D eigenvalue weighted by Gasteiger charge is -2.26. The van der Waals surface area contributed by atoms with Crippen molar-refractivity contribution in [2.24, 2.45) is 0 Å². The summed E-state index contributed by atoms with van der Waals surface area (Å²) >= 11 is 0. The Morgan fingerprint density at radius 1 is 0.721 bits per heavy atom. The quantitative estimate of drug-likeness (QED) is 0.174. The molecule has 1 aliphatic heterocycles. The number of carbonyl (C=O) groups excluding carboxylic acids is 3. The SMILES string of the molecule is CCOc1cc(COc2ccccc2/C=C2\C(=O)NC(=O)N(c3ccc(OC)cc3)C2=O)ccc1OCc1ccccc1. The number of carbonyl (C=O) groups is 3. The monoisotopic (exact) mass is 578 g/mol. The highest BCUT2D eigenvalue weighted by Crippen LogP contribution is 2.31. The number of benzene rings is 4. The van der Waals surface area contributed by atoms with Gasteiger partial charge in [-0.3, -0.25) is 14.9 Å². The Labute approximate surface area is 249 Å². The van der Waals surface area contributed by atoms with Gasteiger partial charge in [-0.15, -0.1) is 0 Å².